The van der Waals surface area contributed by atoms with E-state index in [0.29, 0.717) is 11.1 Å². The zero-order valence-electron chi connectivity index (χ0n) is 11.8. The Morgan fingerprint density at radius 1 is 1.00 bits per heavy atom. The molecule has 116 valence electrons. The van der Waals surface area contributed by atoms with Gasteiger partial charge in [-0.1, -0.05) is 56.1 Å². The summed E-state index contributed by atoms with van der Waals surface area (Å²) in [5.41, 5.74) is -0.782. The first kappa shape index (κ1) is 17.1. The predicted octanol–water partition coefficient (Wildman–Crippen LogP) is 4.51. The number of carbonyl (C=O) groups excluding carboxylic acids is 1. The van der Waals surface area contributed by atoms with Gasteiger partial charge in [-0.15, -0.1) is 0 Å². The second kappa shape index (κ2) is 7.37. The first-order valence-electron chi connectivity index (χ1n) is 6.56. The third-order valence-electron chi connectivity index (χ3n) is 3.20. The van der Waals surface area contributed by atoms with Gasteiger partial charge in [0.2, 0.25) is 5.60 Å². The molecule has 0 aliphatic carbocycles. The van der Waals surface area contributed by atoms with Gasteiger partial charge in [0.05, 0.1) is 6.61 Å². The quantitative estimate of drug-likeness (QED) is 0.431. The summed E-state index contributed by atoms with van der Waals surface area (Å²) in [5.74, 6) is -0.679. The Bertz CT molecular complexity index is 593. The topological polar surface area (TPSA) is 55.8 Å². The zero-order valence-corrected chi connectivity index (χ0v) is 14.9. The average molecular weight is 430 g/mol. The molecule has 0 saturated heterocycles. The summed E-state index contributed by atoms with van der Waals surface area (Å²) in [6.07, 6.45) is 0. The smallest absolute Gasteiger partial charge is 0.351 e. The summed E-state index contributed by atoms with van der Waals surface area (Å²) < 4.78 is 6.82. The lowest BCUT2D eigenvalue weighted by atomic mass is 9.86. The van der Waals surface area contributed by atoms with Crippen LogP contribution in [0.15, 0.2) is 57.5 Å². The van der Waals surface area contributed by atoms with E-state index >= 15 is 0 Å². The van der Waals surface area contributed by atoms with E-state index in [2.05, 4.69) is 31.9 Å². The molecule has 0 radical (unpaired) electrons. The summed E-state index contributed by atoms with van der Waals surface area (Å²) in [7, 11) is 0. The van der Waals surface area contributed by atoms with Crippen LogP contribution in [0, 0.1) is 0 Å². The summed E-state index contributed by atoms with van der Waals surface area (Å²) in [5, 5.41) is 9.59. The highest BCUT2D eigenvalue weighted by atomic mass is 79.9. The SMILES string of the molecule is CCOC(=O)C(OO)(c1ccc(Br)cc1)c1ccc(Br)cc1. The molecule has 2 aromatic rings. The zero-order chi connectivity index (χ0) is 16.2. The number of halogens is 2. The highest BCUT2D eigenvalue weighted by Crippen LogP contribution is 2.35. The van der Waals surface area contributed by atoms with Crippen molar-refractivity contribution in [3.8, 4) is 0 Å². The Morgan fingerprint density at radius 2 is 1.41 bits per heavy atom. The van der Waals surface area contributed by atoms with Gasteiger partial charge in [-0.25, -0.2) is 14.9 Å². The van der Waals surface area contributed by atoms with Crippen molar-refractivity contribution in [2.24, 2.45) is 0 Å². The van der Waals surface area contributed by atoms with Crippen molar-refractivity contribution in [3.63, 3.8) is 0 Å². The van der Waals surface area contributed by atoms with Crippen LogP contribution >= 0.6 is 31.9 Å². The van der Waals surface area contributed by atoms with Crippen molar-refractivity contribution in [3.05, 3.63) is 68.6 Å². The maximum atomic E-state index is 12.5. The van der Waals surface area contributed by atoms with Gasteiger partial charge in [0.25, 0.3) is 0 Å². The molecule has 0 aliphatic heterocycles. The van der Waals surface area contributed by atoms with Gasteiger partial charge in [-0.3, -0.25) is 0 Å². The minimum Gasteiger partial charge on any atom is -0.463 e. The van der Waals surface area contributed by atoms with Gasteiger partial charge < -0.3 is 4.74 Å². The summed E-state index contributed by atoms with van der Waals surface area (Å²) in [6.45, 7) is 1.88. The predicted molar refractivity (Wildman–Crippen MR) is 89.4 cm³/mol. The van der Waals surface area contributed by atoms with Crippen LogP contribution in [0.1, 0.15) is 18.1 Å². The molecule has 1 N–H and O–H groups in total. The van der Waals surface area contributed by atoms with Crippen LogP contribution in [-0.4, -0.2) is 17.8 Å². The highest BCUT2D eigenvalue weighted by Gasteiger charge is 2.46. The molecule has 0 heterocycles. The van der Waals surface area contributed by atoms with Gasteiger partial charge >= 0.3 is 5.97 Å². The maximum absolute atomic E-state index is 12.5. The minimum atomic E-state index is -1.72. The van der Waals surface area contributed by atoms with Crippen LogP contribution in [0.4, 0.5) is 0 Å². The lowest BCUT2D eigenvalue weighted by Gasteiger charge is -2.29. The second-order valence-corrected chi connectivity index (χ2v) is 6.34. The molecule has 4 nitrogen and oxygen atoms in total. The van der Waals surface area contributed by atoms with E-state index in [0.717, 1.165) is 8.95 Å². The Morgan fingerprint density at radius 3 is 1.73 bits per heavy atom. The normalized spacial score (nSPS) is 11.3. The molecule has 0 atom stereocenters. The molecule has 0 amide bonds. The van der Waals surface area contributed by atoms with Crippen molar-refractivity contribution in [2.75, 3.05) is 6.61 Å². The van der Waals surface area contributed by atoms with Crippen molar-refractivity contribution in [1.82, 2.24) is 0 Å². The number of benzene rings is 2. The molecule has 2 aromatic carbocycles. The lowest BCUT2D eigenvalue weighted by molar-refractivity contribution is -0.311. The Labute approximate surface area is 145 Å². The lowest BCUT2D eigenvalue weighted by Crippen LogP contribution is -2.40. The Balaban J connectivity index is 2.63. The number of hydrogen-bond donors (Lipinski definition) is 1. The summed E-state index contributed by atoms with van der Waals surface area (Å²) in [4.78, 5) is 17.2. The van der Waals surface area contributed by atoms with Crippen LogP contribution in [0.3, 0.4) is 0 Å². The highest BCUT2D eigenvalue weighted by molar-refractivity contribution is 9.10. The standard InChI is InChI=1S/C16H14Br2O4/c1-2-21-15(19)16(22-20,11-3-7-13(17)8-4-11)12-5-9-14(18)10-6-12/h3-10,20H,2H2,1H3. The molecule has 0 aliphatic rings. The fourth-order valence-electron chi connectivity index (χ4n) is 2.15. The van der Waals surface area contributed by atoms with Crippen molar-refractivity contribution < 1.29 is 19.7 Å². The van der Waals surface area contributed by atoms with Crippen LogP contribution < -0.4 is 0 Å². The van der Waals surface area contributed by atoms with Gasteiger partial charge in [-0.05, 0) is 31.2 Å². The van der Waals surface area contributed by atoms with E-state index in [4.69, 9.17) is 9.62 Å². The van der Waals surface area contributed by atoms with Crippen molar-refractivity contribution in [2.45, 2.75) is 12.5 Å². The number of rotatable bonds is 5. The molecular weight excluding hydrogens is 416 g/mol. The molecule has 6 heteroatoms. The average Bonchev–Trinajstić information content (AvgIpc) is 2.52. The van der Waals surface area contributed by atoms with Gasteiger partial charge in [0, 0.05) is 20.1 Å². The molecule has 0 saturated carbocycles. The number of esters is 1. The van der Waals surface area contributed by atoms with E-state index in [1.165, 1.54) is 0 Å². The molecule has 0 aromatic heterocycles. The molecular formula is C16H14Br2O4. The van der Waals surface area contributed by atoms with Gasteiger partial charge in [0.1, 0.15) is 0 Å². The van der Waals surface area contributed by atoms with Crippen molar-refractivity contribution in [1.29, 1.82) is 0 Å². The molecule has 22 heavy (non-hydrogen) atoms. The van der Waals surface area contributed by atoms with Crippen molar-refractivity contribution >= 4 is 37.8 Å². The largest absolute Gasteiger partial charge is 0.463 e. The first-order valence-corrected chi connectivity index (χ1v) is 8.15. The number of carbonyl (C=O) groups is 1. The van der Waals surface area contributed by atoms with E-state index in [9.17, 15) is 10.1 Å². The molecule has 0 unspecified atom stereocenters. The monoisotopic (exact) mass is 428 g/mol. The molecule has 0 spiro atoms. The summed E-state index contributed by atoms with van der Waals surface area (Å²) >= 11 is 6.68. The van der Waals surface area contributed by atoms with E-state index in [-0.39, 0.29) is 6.61 Å². The van der Waals surface area contributed by atoms with Crippen LogP contribution in [0.2, 0.25) is 0 Å². The number of ether oxygens (including phenoxy) is 1. The van der Waals surface area contributed by atoms with Crippen LogP contribution in [-0.2, 0) is 20.0 Å². The fourth-order valence-corrected chi connectivity index (χ4v) is 2.68. The summed E-state index contributed by atoms with van der Waals surface area (Å²) in [6, 6.07) is 13.8. The van der Waals surface area contributed by atoms with Crippen LogP contribution in [0.5, 0.6) is 0 Å². The van der Waals surface area contributed by atoms with Gasteiger partial charge in [-0.2, -0.15) is 0 Å². The van der Waals surface area contributed by atoms with Gasteiger partial charge in [0.15, 0.2) is 0 Å². The Hall–Kier alpha value is -1.21. The third kappa shape index (κ3) is 3.25. The van der Waals surface area contributed by atoms with E-state index < -0.39 is 11.6 Å². The Kier molecular flexibility index (Phi) is 5.74. The van der Waals surface area contributed by atoms with Crippen LogP contribution in [0.25, 0.3) is 0 Å². The minimum absolute atomic E-state index is 0.178. The third-order valence-corrected chi connectivity index (χ3v) is 4.26. The first-order chi connectivity index (χ1) is 10.5. The number of hydrogen-bond acceptors (Lipinski definition) is 4. The van der Waals surface area contributed by atoms with E-state index in [1.54, 1.807) is 55.5 Å². The molecule has 2 rings (SSSR count). The van der Waals surface area contributed by atoms with E-state index in [1.807, 2.05) is 0 Å². The maximum Gasteiger partial charge on any atom is 0.351 e. The second-order valence-electron chi connectivity index (χ2n) is 4.51. The molecule has 0 fully saturated rings. The molecule has 0 bridgehead atoms. The fraction of sp³-hybridized carbons (Fsp3) is 0.188.